The minimum absolute atomic E-state index is 0.0192. The van der Waals surface area contributed by atoms with Crippen LogP contribution in [0.1, 0.15) is 36.4 Å². The van der Waals surface area contributed by atoms with Crippen LogP contribution >= 0.6 is 0 Å². The van der Waals surface area contributed by atoms with Crippen LogP contribution in [-0.2, 0) is 4.79 Å². The predicted molar refractivity (Wildman–Crippen MR) is 73.1 cm³/mol. The van der Waals surface area contributed by atoms with E-state index in [1.165, 1.54) is 24.8 Å². The Kier molecular flexibility index (Phi) is 4.02. The van der Waals surface area contributed by atoms with E-state index in [1.807, 2.05) is 38.2 Å². The van der Waals surface area contributed by atoms with Crippen LogP contribution in [0.4, 0.5) is 0 Å². The van der Waals surface area contributed by atoms with Gasteiger partial charge in [-0.05, 0) is 31.2 Å². The molecule has 2 rings (SSSR count). The number of hydrogen-bond donors (Lipinski definition) is 1. The van der Waals surface area contributed by atoms with Crippen LogP contribution in [0, 0.1) is 12.8 Å². The zero-order chi connectivity index (χ0) is 13.1. The highest BCUT2D eigenvalue weighted by atomic mass is 16.2. The van der Waals surface area contributed by atoms with Crippen molar-refractivity contribution in [2.45, 2.75) is 32.2 Å². The molecule has 2 N–H and O–H groups in total. The monoisotopic (exact) mass is 246 g/mol. The average Bonchev–Trinajstić information content (AvgIpc) is 2.32. The van der Waals surface area contributed by atoms with Gasteiger partial charge in [-0.1, -0.05) is 36.2 Å². The molecule has 1 unspecified atom stereocenters. The van der Waals surface area contributed by atoms with Crippen molar-refractivity contribution in [1.82, 2.24) is 4.90 Å². The molecular weight excluding hydrogens is 224 g/mol. The molecule has 3 nitrogen and oxygen atoms in total. The van der Waals surface area contributed by atoms with Crippen molar-refractivity contribution in [1.29, 1.82) is 0 Å². The number of benzene rings is 1. The second-order valence-electron chi connectivity index (χ2n) is 5.40. The molecule has 1 aliphatic rings. The van der Waals surface area contributed by atoms with E-state index in [1.54, 1.807) is 4.90 Å². The number of rotatable bonds is 4. The van der Waals surface area contributed by atoms with Gasteiger partial charge in [0.2, 0.25) is 5.91 Å². The Balaban J connectivity index is 1.96. The summed E-state index contributed by atoms with van der Waals surface area (Å²) in [4.78, 5) is 14.0. The van der Waals surface area contributed by atoms with Gasteiger partial charge in [-0.2, -0.15) is 0 Å². The third-order valence-corrected chi connectivity index (χ3v) is 3.84. The maximum atomic E-state index is 12.2. The lowest BCUT2D eigenvalue weighted by molar-refractivity contribution is -0.132. The largest absolute Gasteiger partial charge is 0.344 e. The average molecular weight is 246 g/mol. The number of carbonyl (C=O) groups is 1. The number of nitrogens with two attached hydrogens (primary N) is 1. The highest BCUT2D eigenvalue weighted by molar-refractivity contribution is 5.82. The summed E-state index contributed by atoms with van der Waals surface area (Å²) < 4.78 is 0. The molecule has 1 aromatic rings. The molecule has 3 heteroatoms. The summed E-state index contributed by atoms with van der Waals surface area (Å²) in [6.45, 7) is 2.87. The molecular formula is C15H22N2O. The summed E-state index contributed by atoms with van der Waals surface area (Å²) in [6.07, 6.45) is 3.80. The Morgan fingerprint density at radius 2 is 2.00 bits per heavy atom. The third-order valence-electron chi connectivity index (χ3n) is 3.84. The van der Waals surface area contributed by atoms with Gasteiger partial charge < -0.3 is 10.6 Å². The van der Waals surface area contributed by atoms with Crippen molar-refractivity contribution in [2.24, 2.45) is 11.7 Å². The zero-order valence-electron chi connectivity index (χ0n) is 11.2. The number of nitrogens with zero attached hydrogens (tertiary/aromatic N) is 1. The second-order valence-corrected chi connectivity index (χ2v) is 5.40. The SMILES string of the molecule is Cc1ccc(C(N)C(=O)N(C)CC2CCC2)cc1. The van der Waals surface area contributed by atoms with E-state index in [2.05, 4.69) is 0 Å². The Hall–Kier alpha value is -1.35. The Bertz CT molecular complexity index is 409. The van der Waals surface area contributed by atoms with Crippen LogP contribution in [0.15, 0.2) is 24.3 Å². The molecule has 1 aromatic carbocycles. The number of likely N-dealkylation sites (N-methyl/N-ethyl adjacent to an activating group) is 1. The second kappa shape index (κ2) is 5.53. The van der Waals surface area contributed by atoms with Gasteiger partial charge in [0.15, 0.2) is 0 Å². The first-order chi connectivity index (χ1) is 8.58. The van der Waals surface area contributed by atoms with E-state index in [0.29, 0.717) is 5.92 Å². The third kappa shape index (κ3) is 2.91. The summed E-state index contributed by atoms with van der Waals surface area (Å²) in [7, 11) is 1.86. The molecule has 18 heavy (non-hydrogen) atoms. The van der Waals surface area contributed by atoms with Crippen molar-refractivity contribution in [3.8, 4) is 0 Å². The van der Waals surface area contributed by atoms with E-state index in [9.17, 15) is 4.79 Å². The zero-order valence-corrected chi connectivity index (χ0v) is 11.2. The van der Waals surface area contributed by atoms with Crippen LogP contribution in [0.25, 0.3) is 0 Å². The van der Waals surface area contributed by atoms with Crippen molar-refractivity contribution in [3.05, 3.63) is 35.4 Å². The summed E-state index contributed by atoms with van der Waals surface area (Å²) in [5, 5.41) is 0. The number of aryl methyl sites for hydroxylation is 1. The van der Waals surface area contributed by atoms with E-state index >= 15 is 0 Å². The molecule has 0 spiro atoms. The summed E-state index contributed by atoms with van der Waals surface area (Å²) in [6, 6.07) is 7.34. The lowest BCUT2D eigenvalue weighted by Gasteiger charge is -2.31. The van der Waals surface area contributed by atoms with E-state index in [4.69, 9.17) is 5.73 Å². The van der Waals surface area contributed by atoms with Gasteiger partial charge in [0, 0.05) is 13.6 Å². The molecule has 1 atom stereocenters. The normalized spacial score (nSPS) is 17.1. The first-order valence-corrected chi connectivity index (χ1v) is 6.65. The molecule has 0 aromatic heterocycles. The molecule has 1 aliphatic carbocycles. The lowest BCUT2D eigenvalue weighted by Crippen LogP contribution is -2.39. The Labute approximate surface area is 109 Å². The van der Waals surface area contributed by atoms with Crippen LogP contribution in [0.3, 0.4) is 0 Å². The van der Waals surface area contributed by atoms with Gasteiger partial charge in [0.1, 0.15) is 6.04 Å². The van der Waals surface area contributed by atoms with Gasteiger partial charge in [-0.15, -0.1) is 0 Å². The maximum absolute atomic E-state index is 12.2. The number of amides is 1. The molecule has 0 bridgehead atoms. The minimum Gasteiger partial charge on any atom is -0.344 e. The standard InChI is InChI=1S/C15H22N2O/c1-11-6-8-13(9-7-11)14(16)15(18)17(2)10-12-4-3-5-12/h6-9,12,14H,3-5,10,16H2,1-2H3. The van der Waals surface area contributed by atoms with E-state index < -0.39 is 6.04 Å². The van der Waals surface area contributed by atoms with Crippen LogP contribution in [0.2, 0.25) is 0 Å². The van der Waals surface area contributed by atoms with Gasteiger partial charge in [-0.25, -0.2) is 0 Å². The van der Waals surface area contributed by atoms with Crippen molar-refractivity contribution in [2.75, 3.05) is 13.6 Å². The lowest BCUT2D eigenvalue weighted by atomic mass is 9.85. The van der Waals surface area contributed by atoms with E-state index in [-0.39, 0.29) is 5.91 Å². The predicted octanol–water partition coefficient (Wildman–Crippen LogP) is 2.25. The summed E-state index contributed by atoms with van der Waals surface area (Å²) >= 11 is 0. The first kappa shape index (κ1) is 13.1. The van der Waals surface area contributed by atoms with Gasteiger partial charge in [0.05, 0.1) is 0 Å². The minimum atomic E-state index is -0.532. The van der Waals surface area contributed by atoms with Crippen LogP contribution in [0.5, 0.6) is 0 Å². The smallest absolute Gasteiger partial charge is 0.243 e. The summed E-state index contributed by atoms with van der Waals surface area (Å²) in [5.41, 5.74) is 8.11. The fraction of sp³-hybridized carbons (Fsp3) is 0.533. The summed E-state index contributed by atoms with van der Waals surface area (Å²) in [5.74, 6) is 0.704. The van der Waals surface area contributed by atoms with Crippen LogP contribution in [-0.4, -0.2) is 24.4 Å². The molecule has 1 amide bonds. The molecule has 98 valence electrons. The van der Waals surface area contributed by atoms with Gasteiger partial charge in [-0.3, -0.25) is 4.79 Å². The fourth-order valence-corrected chi connectivity index (χ4v) is 2.31. The number of carbonyl (C=O) groups excluding carboxylic acids is 1. The molecule has 0 saturated heterocycles. The molecule has 1 saturated carbocycles. The van der Waals surface area contributed by atoms with Crippen molar-refractivity contribution >= 4 is 5.91 Å². The molecule has 0 aliphatic heterocycles. The highest BCUT2D eigenvalue weighted by Crippen LogP contribution is 2.27. The number of hydrogen-bond acceptors (Lipinski definition) is 2. The van der Waals surface area contributed by atoms with Crippen molar-refractivity contribution < 1.29 is 4.79 Å². The van der Waals surface area contributed by atoms with Crippen LogP contribution < -0.4 is 5.73 Å². The Morgan fingerprint density at radius 3 is 2.50 bits per heavy atom. The highest BCUT2D eigenvalue weighted by Gasteiger charge is 2.24. The fourth-order valence-electron chi connectivity index (χ4n) is 2.31. The quantitative estimate of drug-likeness (QED) is 0.885. The first-order valence-electron chi connectivity index (χ1n) is 6.65. The molecule has 0 heterocycles. The molecule has 0 radical (unpaired) electrons. The van der Waals surface area contributed by atoms with Crippen molar-refractivity contribution in [3.63, 3.8) is 0 Å². The topological polar surface area (TPSA) is 46.3 Å². The maximum Gasteiger partial charge on any atom is 0.243 e. The van der Waals surface area contributed by atoms with Gasteiger partial charge >= 0.3 is 0 Å². The van der Waals surface area contributed by atoms with Gasteiger partial charge in [0.25, 0.3) is 0 Å². The molecule has 1 fully saturated rings. The van der Waals surface area contributed by atoms with E-state index in [0.717, 1.165) is 12.1 Å². The Morgan fingerprint density at radius 1 is 1.39 bits per heavy atom.